The molecular formula is C17H22ClN3O2. The van der Waals surface area contributed by atoms with Gasteiger partial charge in [-0.3, -0.25) is 9.48 Å². The number of hydrogen-bond acceptors (Lipinski definition) is 3. The number of amides is 1. The van der Waals surface area contributed by atoms with Crippen LogP contribution in [0.15, 0.2) is 24.3 Å². The van der Waals surface area contributed by atoms with Crippen molar-refractivity contribution in [3.05, 3.63) is 46.2 Å². The number of carbonyl (C=O) groups is 1. The average Bonchev–Trinajstić information content (AvgIpc) is 2.73. The minimum atomic E-state index is 0.0545. The predicted octanol–water partition coefficient (Wildman–Crippen LogP) is 2.77. The largest absolute Gasteiger partial charge is 0.492 e. The van der Waals surface area contributed by atoms with Crippen molar-refractivity contribution in [2.45, 2.75) is 20.3 Å². The molecule has 1 aromatic heterocycles. The summed E-state index contributed by atoms with van der Waals surface area (Å²) in [6.45, 7) is 4.85. The van der Waals surface area contributed by atoms with E-state index in [4.69, 9.17) is 16.3 Å². The Hall–Kier alpha value is -2.01. The molecule has 0 fully saturated rings. The fraction of sp³-hybridized carbons (Fsp3) is 0.412. The maximum Gasteiger partial charge on any atom is 0.226 e. The van der Waals surface area contributed by atoms with Crippen LogP contribution in [-0.2, 0) is 18.3 Å². The van der Waals surface area contributed by atoms with Crippen molar-refractivity contribution in [1.29, 1.82) is 0 Å². The Labute approximate surface area is 141 Å². The molecule has 1 amide bonds. The number of aryl methyl sites for hydroxylation is 2. The molecule has 6 heteroatoms. The normalized spacial score (nSPS) is 10.7. The molecule has 0 unspecified atom stereocenters. The van der Waals surface area contributed by atoms with Crippen LogP contribution < -0.4 is 4.74 Å². The van der Waals surface area contributed by atoms with Gasteiger partial charge in [0.15, 0.2) is 0 Å². The molecule has 0 aliphatic heterocycles. The van der Waals surface area contributed by atoms with Crippen LogP contribution in [0.3, 0.4) is 0 Å². The van der Waals surface area contributed by atoms with E-state index in [9.17, 15) is 4.79 Å². The van der Waals surface area contributed by atoms with Crippen molar-refractivity contribution in [1.82, 2.24) is 14.7 Å². The maximum absolute atomic E-state index is 12.3. The fourth-order valence-corrected chi connectivity index (χ4v) is 2.52. The minimum Gasteiger partial charge on any atom is -0.492 e. The van der Waals surface area contributed by atoms with Crippen LogP contribution in [-0.4, -0.2) is 40.8 Å². The number of hydrogen-bond donors (Lipinski definition) is 0. The number of halogens is 1. The van der Waals surface area contributed by atoms with Gasteiger partial charge in [-0.05, 0) is 32.0 Å². The molecule has 0 atom stereocenters. The molecule has 124 valence electrons. The van der Waals surface area contributed by atoms with Gasteiger partial charge in [-0.2, -0.15) is 5.10 Å². The first kappa shape index (κ1) is 17.3. The molecule has 0 spiro atoms. The Morgan fingerprint density at radius 1 is 1.39 bits per heavy atom. The third kappa shape index (κ3) is 4.48. The van der Waals surface area contributed by atoms with E-state index in [0.717, 1.165) is 17.0 Å². The van der Waals surface area contributed by atoms with Gasteiger partial charge < -0.3 is 9.64 Å². The molecule has 1 aromatic carbocycles. The highest BCUT2D eigenvalue weighted by atomic mass is 35.5. The number of likely N-dealkylation sites (N-methyl/N-ethyl adjacent to an activating group) is 1. The summed E-state index contributed by atoms with van der Waals surface area (Å²) in [5.74, 6) is 0.760. The quantitative estimate of drug-likeness (QED) is 0.815. The SMILES string of the molecule is Cc1nn(C)c(C)c1CC(=O)N(C)CCOc1cccc(Cl)c1. The molecule has 5 nitrogen and oxygen atoms in total. The molecule has 0 N–H and O–H groups in total. The molecular weight excluding hydrogens is 314 g/mol. The van der Waals surface area contributed by atoms with Crippen molar-refractivity contribution < 1.29 is 9.53 Å². The lowest BCUT2D eigenvalue weighted by atomic mass is 10.1. The van der Waals surface area contributed by atoms with E-state index in [0.29, 0.717) is 30.3 Å². The summed E-state index contributed by atoms with van der Waals surface area (Å²) in [5, 5.41) is 4.98. The van der Waals surface area contributed by atoms with E-state index in [1.54, 1.807) is 28.8 Å². The lowest BCUT2D eigenvalue weighted by Gasteiger charge is -2.17. The second-order valence-corrected chi connectivity index (χ2v) is 6.01. The van der Waals surface area contributed by atoms with Gasteiger partial charge >= 0.3 is 0 Å². The molecule has 0 aliphatic rings. The van der Waals surface area contributed by atoms with Gasteiger partial charge in [0.25, 0.3) is 0 Å². The first-order valence-electron chi connectivity index (χ1n) is 7.50. The van der Waals surface area contributed by atoms with Gasteiger partial charge in [-0.25, -0.2) is 0 Å². The minimum absolute atomic E-state index is 0.0545. The summed E-state index contributed by atoms with van der Waals surface area (Å²) in [7, 11) is 3.67. The van der Waals surface area contributed by atoms with E-state index >= 15 is 0 Å². The number of carbonyl (C=O) groups excluding carboxylic acids is 1. The zero-order valence-corrected chi connectivity index (χ0v) is 14.7. The first-order valence-corrected chi connectivity index (χ1v) is 7.87. The first-order chi connectivity index (χ1) is 10.9. The van der Waals surface area contributed by atoms with Gasteiger partial charge in [-0.15, -0.1) is 0 Å². The van der Waals surface area contributed by atoms with Crippen LogP contribution in [0.2, 0.25) is 5.02 Å². The van der Waals surface area contributed by atoms with Crippen LogP contribution >= 0.6 is 11.6 Å². The fourth-order valence-electron chi connectivity index (χ4n) is 2.34. The molecule has 0 saturated heterocycles. The summed E-state index contributed by atoms with van der Waals surface area (Å²) in [5.41, 5.74) is 2.93. The lowest BCUT2D eigenvalue weighted by Crippen LogP contribution is -2.32. The van der Waals surface area contributed by atoms with Crippen molar-refractivity contribution in [2.75, 3.05) is 20.2 Å². The Kier molecular flexibility index (Phi) is 5.66. The van der Waals surface area contributed by atoms with Crippen LogP contribution in [0.1, 0.15) is 17.0 Å². The number of nitrogens with zero attached hydrogens (tertiary/aromatic N) is 3. The van der Waals surface area contributed by atoms with Crippen molar-refractivity contribution in [2.24, 2.45) is 7.05 Å². The monoisotopic (exact) mass is 335 g/mol. The zero-order chi connectivity index (χ0) is 17.0. The van der Waals surface area contributed by atoms with Gasteiger partial charge in [0, 0.05) is 30.4 Å². The van der Waals surface area contributed by atoms with E-state index < -0.39 is 0 Å². The van der Waals surface area contributed by atoms with Gasteiger partial charge in [0.05, 0.1) is 18.7 Å². The standard InChI is InChI=1S/C17H22ClN3O2/c1-12-16(13(2)21(4)19-12)11-17(22)20(3)8-9-23-15-7-5-6-14(18)10-15/h5-7,10H,8-9,11H2,1-4H3. The second kappa shape index (κ2) is 7.51. The second-order valence-electron chi connectivity index (χ2n) is 5.57. The highest BCUT2D eigenvalue weighted by Crippen LogP contribution is 2.17. The van der Waals surface area contributed by atoms with E-state index in [1.165, 1.54) is 0 Å². The Morgan fingerprint density at radius 3 is 2.74 bits per heavy atom. The molecule has 2 aromatic rings. The van der Waals surface area contributed by atoms with Gasteiger partial charge in [0.2, 0.25) is 5.91 Å². The number of aromatic nitrogens is 2. The Morgan fingerprint density at radius 2 is 2.13 bits per heavy atom. The molecule has 0 bridgehead atoms. The summed E-state index contributed by atoms with van der Waals surface area (Å²) in [4.78, 5) is 14.0. The third-order valence-electron chi connectivity index (χ3n) is 3.90. The highest BCUT2D eigenvalue weighted by Gasteiger charge is 2.16. The van der Waals surface area contributed by atoms with Crippen molar-refractivity contribution in [3.63, 3.8) is 0 Å². The van der Waals surface area contributed by atoms with E-state index in [2.05, 4.69) is 5.10 Å². The van der Waals surface area contributed by atoms with E-state index in [-0.39, 0.29) is 5.91 Å². The smallest absolute Gasteiger partial charge is 0.226 e. The van der Waals surface area contributed by atoms with E-state index in [1.807, 2.05) is 33.0 Å². The van der Waals surface area contributed by atoms with Gasteiger partial charge in [-0.1, -0.05) is 17.7 Å². The molecule has 0 saturated carbocycles. The zero-order valence-electron chi connectivity index (χ0n) is 14.0. The maximum atomic E-state index is 12.3. The molecule has 0 radical (unpaired) electrons. The molecule has 23 heavy (non-hydrogen) atoms. The van der Waals surface area contributed by atoms with Crippen molar-refractivity contribution in [3.8, 4) is 5.75 Å². The predicted molar refractivity (Wildman–Crippen MR) is 91.0 cm³/mol. The molecule has 1 heterocycles. The number of rotatable bonds is 6. The van der Waals surface area contributed by atoms with Crippen LogP contribution in [0.4, 0.5) is 0 Å². The number of ether oxygens (including phenoxy) is 1. The lowest BCUT2D eigenvalue weighted by molar-refractivity contribution is -0.129. The Balaban J connectivity index is 1.85. The van der Waals surface area contributed by atoms with Crippen LogP contribution in [0.5, 0.6) is 5.75 Å². The average molecular weight is 336 g/mol. The number of benzene rings is 1. The summed E-state index contributed by atoms with van der Waals surface area (Å²) in [6, 6.07) is 7.23. The molecule has 0 aliphatic carbocycles. The van der Waals surface area contributed by atoms with Gasteiger partial charge in [0.1, 0.15) is 12.4 Å². The summed E-state index contributed by atoms with van der Waals surface area (Å²) < 4.78 is 7.42. The summed E-state index contributed by atoms with van der Waals surface area (Å²) in [6.07, 6.45) is 0.360. The van der Waals surface area contributed by atoms with Crippen molar-refractivity contribution >= 4 is 17.5 Å². The van der Waals surface area contributed by atoms with Crippen LogP contribution in [0.25, 0.3) is 0 Å². The topological polar surface area (TPSA) is 47.4 Å². The molecule has 2 rings (SSSR count). The third-order valence-corrected chi connectivity index (χ3v) is 4.14. The van der Waals surface area contributed by atoms with Crippen LogP contribution in [0, 0.1) is 13.8 Å². The highest BCUT2D eigenvalue weighted by molar-refractivity contribution is 6.30. The summed E-state index contributed by atoms with van der Waals surface area (Å²) >= 11 is 5.91. The Bertz CT molecular complexity index is 697.